The van der Waals surface area contributed by atoms with E-state index in [4.69, 9.17) is 29.1 Å². The quantitative estimate of drug-likeness (QED) is 0.263. The first-order chi connectivity index (χ1) is 8.84. The first-order valence-electron chi connectivity index (χ1n) is 6.01. The van der Waals surface area contributed by atoms with Crippen LogP contribution in [0.15, 0.2) is 29.4 Å². The highest BCUT2D eigenvalue weighted by atomic mass is 35.5. The monoisotopic (exact) mass is 314 g/mol. The van der Waals surface area contributed by atoms with Gasteiger partial charge in [0.05, 0.1) is 5.71 Å². The SMILES string of the molecule is CC/C(C)=N/[N+](C(=N)N)(C(N)=S)c1cccc(C)c1.Cl. The predicted octanol–water partition coefficient (Wildman–Crippen LogP) is 2.65. The summed E-state index contributed by atoms with van der Waals surface area (Å²) in [5, 5.41) is 12.4. The van der Waals surface area contributed by atoms with Crippen molar-refractivity contribution >= 4 is 47.1 Å². The lowest BCUT2D eigenvalue weighted by atomic mass is 10.2. The Bertz CT molecular complexity index is 527. The van der Waals surface area contributed by atoms with Crippen LogP contribution in [-0.4, -0.2) is 16.8 Å². The molecular formula is C13H21ClN5S+. The van der Waals surface area contributed by atoms with E-state index in [9.17, 15) is 0 Å². The van der Waals surface area contributed by atoms with Crippen LogP contribution >= 0.6 is 24.6 Å². The number of thiocarbonyl (C=S) groups is 1. The second-order valence-corrected chi connectivity index (χ2v) is 4.80. The molecule has 0 aliphatic rings. The molecule has 0 aliphatic heterocycles. The normalized spacial score (nSPS) is 14.1. The molecule has 7 heteroatoms. The lowest BCUT2D eigenvalue weighted by Gasteiger charge is -2.27. The molecule has 0 spiro atoms. The van der Waals surface area contributed by atoms with Crippen LogP contribution in [0.3, 0.4) is 0 Å². The molecule has 1 rings (SSSR count). The number of hydrogen-bond acceptors (Lipinski definition) is 3. The number of benzene rings is 1. The Hall–Kier alpha value is -1.50. The fourth-order valence-corrected chi connectivity index (χ4v) is 1.95. The zero-order valence-corrected chi connectivity index (χ0v) is 13.5. The van der Waals surface area contributed by atoms with Crippen molar-refractivity contribution in [2.45, 2.75) is 27.2 Å². The van der Waals surface area contributed by atoms with E-state index in [0.717, 1.165) is 17.7 Å². The van der Waals surface area contributed by atoms with Gasteiger partial charge in [0.25, 0.3) is 0 Å². The molecule has 0 amide bonds. The summed E-state index contributed by atoms with van der Waals surface area (Å²) < 4.78 is -0.448. The number of rotatable bonds is 3. The molecule has 5 N–H and O–H groups in total. The molecule has 1 aromatic rings. The van der Waals surface area contributed by atoms with Gasteiger partial charge in [-0.3, -0.25) is 0 Å². The molecule has 5 nitrogen and oxygen atoms in total. The highest BCUT2D eigenvalue weighted by Gasteiger charge is 2.40. The van der Waals surface area contributed by atoms with E-state index in [-0.39, 0.29) is 23.5 Å². The van der Waals surface area contributed by atoms with E-state index < -0.39 is 4.59 Å². The van der Waals surface area contributed by atoms with Gasteiger partial charge < -0.3 is 11.5 Å². The van der Waals surface area contributed by atoms with Crippen molar-refractivity contribution in [3.63, 3.8) is 0 Å². The molecule has 1 aromatic carbocycles. The molecule has 0 radical (unpaired) electrons. The molecule has 0 saturated carbocycles. The number of aryl methyl sites for hydroxylation is 1. The maximum atomic E-state index is 7.88. The zero-order chi connectivity index (χ0) is 14.6. The van der Waals surface area contributed by atoms with Crippen molar-refractivity contribution in [1.29, 1.82) is 5.41 Å². The number of guanidine groups is 1. The van der Waals surface area contributed by atoms with Crippen LogP contribution in [0.5, 0.6) is 0 Å². The van der Waals surface area contributed by atoms with Gasteiger partial charge in [-0.2, -0.15) is 0 Å². The third kappa shape index (κ3) is 3.53. The first kappa shape index (κ1) is 18.5. The standard InChI is InChI=1S/C13H19N5S.ClH/c1-4-10(3)17-18(12(14)15,13(16)19)11-7-5-6-9(2)8-11;/h5-8H,4H2,1-3H3,(H4-,14,15,16,19);1H/p+1/b17-10+;. The van der Waals surface area contributed by atoms with Crippen LogP contribution in [0.1, 0.15) is 25.8 Å². The van der Waals surface area contributed by atoms with Crippen LogP contribution < -0.4 is 16.1 Å². The average molecular weight is 315 g/mol. The number of nitrogens with one attached hydrogen (secondary N) is 1. The third-order valence-electron chi connectivity index (χ3n) is 2.88. The molecule has 110 valence electrons. The fraction of sp³-hybridized carbons (Fsp3) is 0.308. The largest absolute Gasteiger partial charge is 0.342 e. The van der Waals surface area contributed by atoms with Crippen molar-refractivity contribution in [2.24, 2.45) is 16.6 Å². The predicted molar refractivity (Wildman–Crippen MR) is 92.3 cm³/mol. The van der Waals surface area contributed by atoms with Gasteiger partial charge >= 0.3 is 11.1 Å². The zero-order valence-electron chi connectivity index (χ0n) is 11.9. The van der Waals surface area contributed by atoms with Crippen molar-refractivity contribution in [1.82, 2.24) is 4.59 Å². The number of nitrogens with zero attached hydrogens (tertiary/aromatic N) is 2. The number of hydrogen-bond donors (Lipinski definition) is 3. The molecule has 20 heavy (non-hydrogen) atoms. The molecule has 0 saturated heterocycles. The smallest absolute Gasteiger partial charge is 0.332 e. The van der Waals surface area contributed by atoms with E-state index in [2.05, 4.69) is 5.10 Å². The minimum atomic E-state index is -0.448. The van der Waals surface area contributed by atoms with Gasteiger partial charge in [-0.15, -0.1) is 12.4 Å². The molecule has 0 aromatic heterocycles. The minimum Gasteiger partial charge on any atom is -0.342 e. The van der Waals surface area contributed by atoms with Crippen molar-refractivity contribution < 1.29 is 0 Å². The Morgan fingerprint density at radius 1 is 1.40 bits per heavy atom. The average Bonchev–Trinajstić information content (AvgIpc) is 2.34. The lowest BCUT2D eigenvalue weighted by molar-refractivity contribution is 0.617. The highest BCUT2D eigenvalue weighted by molar-refractivity contribution is 7.80. The van der Waals surface area contributed by atoms with Gasteiger partial charge in [0.15, 0.2) is 5.69 Å². The van der Waals surface area contributed by atoms with Crippen LogP contribution in [0, 0.1) is 12.3 Å². The summed E-state index contributed by atoms with van der Waals surface area (Å²) in [7, 11) is 0. The Morgan fingerprint density at radius 3 is 2.40 bits per heavy atom. The summed E-state index contributed by atoms with van der Waals surface area (Å²) in [5.41, 5.74) is 14.1. The van der Waals surface area contributed by atoms with Crippen LogP contribution in [0.2, 0.25) is 0 Å². The summed E-state index contributed by atoms with van der Waals surface area (Å²) in [6, 6.07) is 7.52. The molecular weight excluding hydrogens is 294 g/mol. The van der Waals surface area contributed by atoms with Gasteiger partial charge in [0.1, 0.15) is 0 Å². The van der Waals surface area contributed by atoms with Crippen molar-refractivity contribution in [2.75, 3.05) is 0 Å². The maximum absolute atomic E-state index is 7.88. The lowest BCUT2D eigenvalue weighted by Crippen LogP contribution is -2.60. The molecule has 0 aliphatic carbocycles. The number of nitrogens with two attached hydrogens (primary N) is 2. The molecule has 1 unspecified atom stereocenters. The van der Waals surface area contributed by atoms with Gasteiger partial charge in [0.2, 0.25) is 0 Å². The Balaban J connectivity index is 0.00000361. The van der Waals surface area contributed by atoms with Crippen molar-refractivity contribution in [3.05, 3.63) is 29.8 Å². The van der Waals surface area contributed by atoms with E-state index in [1.165, 1.54) is 0 Å². The van der Waals surface area contributed by atoms with Gasteiger partial charge in [0, 0.05) is 24.4 Å². The van der Waals surface area contributed by atoms with Gasteiger partial charge in [-0.05, 0) is 30.4 Å². The molecule has 1 atom stereocenters. The molecule has 0 fully saturated rings. The first-order valence-corrected chi connectivity index (χ1v) is 6.42. The fourth-order valence-electron chi connectivity index (χ4n) is 1.70. The Labute approximate surface area is 131 Å². The molecule has 0 heterocycles. The summed E-state index contributed by atoms with van der Waals surface area (Å²) in [5.74, 6) is -0.217. The van der Waals surface area contributed by atoms with Crippen molar-refractivity contribution in [3.8, 4) is 0 Å². The van der Waals surface area contributed by atoms with Gasteiger partial charge in [-0.25, -0.2) is 5.41 Å². The number of halogens is 1. The van der Waals surface area contributed by atoms with Gasteiger partial charge in [-0.1, -0.05) is 24.2 Å². The second-order valence-electron chi connectivity index (χ2n) is 4.39. The summed E-state index contributed by atoms with van der Waals surface area (Å²) >= 11 is 5.12. The molecule has 0 bridgehead atoms. The van der Waals surface area contributed by atoms with E-state index >= 15 is 0 Å². The second kappa shape index (κ2) is 7.33. The summed E-state index contributed by atoms with van der Waals surface area (Å²) in [6.45, 7) is 5.79. The number of quaternary nitrogens is 1. The topological polar surface area (TPSA) is 88.2 Å². The maximum Gasteiger partial charge on any atom is 0.332 e. The minimum absolute atomic E-state index is 0. The summed E-state index contributed by atoms with van der Waals surface area (Å²) in [6.07, 6.45) is 0.738. The Kier molecular flexibility index (Phi) is 6.78. The van der Waals surface area contributed by atoms with E-state index in [0.29, 0.717) is 5.69 Å². The highest BCUT2D eigenvalue weighted by Crippen LogP contribution is 2.25. The van der Waals surface area contributed by atoms with Crippen LogP contribution in [-0.2, 0) is 0 Å². The van der Waals surface area contributed by atoms with Crippen LogP contribution in [0.25, 0.3) is 0 Å². The Morgan fingerprint density at radius 2 is 2.00 bits per heavy atom. The van der Waals surface area contributed by atoms with Crippen LogP contribution in [0.4, 0.5) is 5.69 Å². The van der Waals surface area contributed by atoms with E-state index in [1.807, 2.05) is 45.0 Å². The third-order valence-corrected chi connectivity index (χ3v) is 3.14. The summed E-state index contributed by atoms with van der Waals surface area (Å²) in [4.78, 5) is 0. The van der Waals surface area contributed by atoms with E-state index in [1.54, 1.807) is 0 Å².